The third kappa shape index (κ3) is 7.02. The van der Waals surface area contributed by atoms with Gasteiger partial charge in [0, 0.05) is 49.4 Å². The van der Waals surface area contributed by atoms with Crippen molar-refractivity contribution in [2.24, 2.45) is 5.41 Å². The first kappa shape index (κ1) is 28.9. The zero-order valence-corrected chi connectivity index (χ0v) is 19.0. The maximum Gasteiger partial charge on any atom is 0.490 e. The summed E-state index contributed by atoms with van der Waals surface area (Å²) < 4.78 is 111. The number of nitrogens with zero attached hydrogens (tertiary/aromatic N) is 4. The van der Waals surface area contributed by atoms with E-state index in [9.17, 15) is 44.3 Å². The van der Waals surface area contributed by atoms with Gasteiger partial charge in [-0.3, -0.25) is 4.79 Å². The number of carbonyl (C=O) groups excluding carboxylic acids is 1. The maximum atomic E-state index is 13.0. The lowest BCUT2D eigenvalue weighted by Crippen LogP contribution is -2.54. The molecule has 3 heterocycles. The van der Waals surface area contributed by atoms with E-state index in [0.29, 0.717) is 25.2 Å². The average Bonchev–Trinajstić information content (AvgIpc) is 3.43. The Kier molecular flexibility index (Phi) is 7.81. The van der Waals surface area contributed by atoms with Gasteiger partial charge in [-0.05, 0) is 24.6 Å². The Morgan fingerprint density at radius 2 is 1.53 bits per heavy atom. The van der Waals surface area contributed by atoms with E-state index in [1.54, 1.807) is 4.90 Å². The van der Waals surface area contributed by atoms with Crippen LogP contribution in [0.2, 0.25) is 0 Å². The summed E-state index contributed by atoms with van der Waals surface area (Å²) in [4.78, 5) is 26.7. The third-order valence-electron chi connectivity index (χ3n) is 5.72. The van der Waals surface area contributed by atoms with E-state index in [1.165, 1.54) is 12.3 Å². The molecule has 2 N–H and O–H groups in total. The normalized spacial score (nSPS) is 17.3. The molecule has 1 amide bonds. The molecule has 4 rings (SSSR count). The summed E-state index contributed by atoms with van der Waals surface area (Å²) in [5.41, 5.74) is -3.20. The Bertz CT molecular complexity index is 1180. The minimum Gasteiger partial charge on any atom is -0.475 e. The smallest absolute Gasteiger partial charge is 0.475 e. The molecular formula is C21H18F9N5O3. The van der Waals surface area contributed by atoms with Crippen molar-refractivity contribution >= 4 is 18.1 Å². The second kappa shape index (κ2) is 10.3. The molecule has 1 aromatic heterocycles. The fourth-order valence-corrected chi connectivity index (χ4v) is 3.70. The summed E-state index contributed by atoms with van der Waals surface area (Å²) in [7, 11) is 0. The number of carboxylic acids is 1. The van der Waals surface area contributed by atoms with E-state index in [4.69, 9.17) is 9.90 Å². The van der Waals surface area contributed by atoms with Gasteiger partial charge in [0.15, 0.2) is 5.82 Å². The SMILES string of the molecule is O=C(C=Cn1cnc(-c2cc(C(F)(F)F)cc(C(F)(F)F)c2)n1)N1CCC2(CNC2)C1.O=C(O)C(F)(F)F. The lowest BCUT2D eigenvalue weighted by Gasteiger charge is -2.38. The molecule has 208 valence electrons. The zero-order valence-electron chi connectivity index (χ0n) is 19.0. The van der Waals surface area contributed by atoms with Gasteiger partial charge in [0.2, 0.25) is 5.91 Å². The van der Waals surface area contributed by atoms with Gasteiger partial charge in [0.25, 0.3) is 0 Å². The number of aliphatic carboxylic acids is 1. The van der Waals surface area contributed by atoms with Crippen LogP contribution in [-0.4, -0.2) is 69.0 Å². The van der Waals surface area contributed by atoms with Crippen LogP contribution in [0.25, 0.3) is 17.6 Å². The van der Waals surface area contributed by atoms with Gasteiger partial charge < -0.3 is 15.3 Å². The summed E-state index contributed by atoms with van der Waals surface area (Å²) in [5, 5.41) is 14.2. The Morgan fingerprint density at radius 1 is 0.974 bits per heavy atom. The van der Waals surface area contributed by atoms with E-state index < -0.39 is 41.2 Å². The van der Waals surface area contributed by atoms with Crippen LogP contribution < -0.4 is 5.32 Å². The molecular weight excluding hydrogens is 541 g/mol. The standard InChI is InChI=1S/C19H17F6N5O.C2HF3O2/c20-18(21,22)13-5-12(6-14(7-13)19(23,24)25)16-27-11-30(28-16)3-1-15(31)29-4-2-17(10-29)8-26-9-17;3-2(4,5)1(6)7/h1,3,5-7,11,26H,2,4,8-10H2;(H,6,7). The predicted molar refractivity (Wildman–Crippen MR) is 111 cm³/mol. The van der Waals surface area contributed by atoms with Gasteiger partial charge in [0.1, 0.15) is 6.33 Å². The number of halogens is 9. The Balaban J connectivity index is 0.000000505. The molecule has 0 radical (unpaired) electrons. The minimum absolute atomic E-state index is 0.0412. The molecule has 2 aromatic rings. The van der Waals surface area contributed by atoms with Crippen LogP contribution in [-0.2, 0) is 21.9 Å². The summed E-state index contributed by atoms with van der Waals surface area (Å²) in [5.74, 6) is -3.33. The Hall–Kier alpha value is -3.63. The lowest BCUT2D eigenvalue weighted by atomic mass is 9.81. The van der Waals surface area contributed by atoms with Crippen LogP contribution in [0.15, 0.2) is 30.6 Å². The van der Waals surface area contributed by atoms with Crippen molar-refractivity contribution in [2.45, 2.75) is 24.9 Å². The monoisotopic (exact) mass is 559 g/mol. The first-order chi connectivity index (χ1) is 17.4. The van der Waals surface area contributed by atoms with Crippen molar-refractivity contribution < 1.29 is 54.2 Å². The first-order valence-electron chi connectivity index (χ1n) is 10.6. The van der Waals surface area contributed by atoms with Crippen molar-refractivity contribution in [2.75, 3.05) is 26.2 Å². The molecule has 17 heteroatoms. The van der Waals surface area contributed by atoms with Crippen LogP contribution in [0.3, 0.4) is 0 Å². The topological polar surface area (TPSA) is 100 Å². The van der Waals surface area contributed by atoms with E-state index >= 15 is 0 Å². The highest BCUT2D eigenvalue weighted by molar-refractivity contribution is 5.90. The van der Waals surface area contributed by atoms with Crippen LogP contribution in [0, 0.1) is 5.41 Å². The van der Waals surface area contributed by atoms with Gasteiger partial charge in [-0.1, -0.05) is 0 Å². The largest absolute Gasteiger partial charge is 0.490 e. The number of carbonyl (C=O) groups is 2. The minimum atomic E-state index is -5.08. The second-order valence-electron chi connectivity index (χ2n) is 8.57. The van der Waals surface area contributed by atoms with E-state index in [-0.39, 0.29) is 23.2 Å². The molecule has 0 unspecified atom stereocenters. The Morgan fingerprint density at radius 3 is 1.95 bits per heavy atom. The number of carboxylic acid groups (broad SMARTS) is 1. The lowest BCUT2D eigenvalue weighted by molar-refractivity contribution is -0.192. The molecule has 38 heavy (non-hydrogen) atoms. The number of rotatable bonds is 3. The summed E-state index contributed by atoms with van der Waals surface area (Å²) in [6, 6.07) is 1.15. The molecule has 2 fully saturated rings. The van der Waals surface area contributed by atoms with Crippen molar-refractivity contribution in [3.63, 3.8) is 0 Å². The van der Waals surface area contributed by atoms with Crippen molar-refractivity contribution in [3.05, 3.63) is 41.7 Å². The molecule has 2 aliphatic rings. The summed E-state index contributed by atoms with van der Waals surface area (Å²) in [6.45, 7) is 2.99. The van der Waals surface area contributed by atoms with Crippen LogP contribution >= 0.6 is 0 Å². The van der Waals surface area contributed by atoms with Crippen molar-refractivity contribution in [1.29, 1.82) is 0 Å². The highest BCUT2D eigenvalue weighted by atomic mass is 19.4. The van der Waals surface area contributed by atoms with Gasteiger partial charge in [-0.25, -0.2) is 14.5 Å². The second-order valence-corrected chi connectivity index (χ2v) is 8.57. The highest BCUT2D eigenvalue weighted by Crippen LogP contribution is 2.38. The molecule has 1 aromatic carbocycles. The fraction of sp³-hybridized carbons (Fsp3) is 0.429. The molecule has 0 atom stereocenters. The van der Waals surface area contributed by atoms with Gasteiger partial charge in [-0.15, -0.1) is 5.10 Å². The number of nitrogens with one attached hydrogen (secondary N) is 1. The van der Waals surface area contributed by atoms with Gasteiger partial charge in [-0.2, -0.15) is 39.5 Å². The number of hydrogen-bond acceptors (Lipinski definition) is 5. The van der Waals surface area contributed by atoms with Crippen molar-refractivity contribution in [1.82, 2.24) is 25.0 Å². The molecule has 1 spiro atoms. The molecule has 2 saturated heterocycles. The number of benzene rings is 1. The van der Waals surface area contributed by atoms with Gasteiger partial charge in [0.05, 0.1) is 11.1 Å². The quantitative estimate of drug-likeness (QED) is 0.437. The van der Waals surface area contributed by atoms with Crippen LogP contribution in [0.4, 0.5) is 39.5 Å². The summed E-state index contributed by atoms with van der Waals surface area (Å²) in [6.07, 6.45) is -10.5. The zero-order chi connectivity index (χ0) is 28.5. The van der Waals surface area contributed by atoms with Crippen LogP contribution in [0.5, 0.6) is 0 Å². The Labute approximate surface area is 207 Å². The van der Waals surface area contributed by atoms with E-state index in [1.807, 2.05) is 0 Å². The van der Waals surface area contributed by atoms with E-state index in [2.05, 4.69) is 15.4 Å². The molecule has 2 aliphatic heterocycles. The average molecular weight is 559 g/mol. The first-order valence-corrected chi connectivity index (χ1v) is 10.6. The van der Waals surface area contributed by atoms with Crippen molar-refractivity contribution in [3.8, 4) is 11.4 Å². The third-order valence-corrected chi connectivity index (χ3v) is 5.72. The fourth-order valence-electron chi connectivity index (χ4n) is 3.70. The van der Waals surface area contributed by atoms with Gasteiger partial charge >= 0.3 is 24.5 Å². The molecule has 0 aliphatic carbocycles. The number of hydrogen-bond donors (Lipinski definition) is 2. The number of likely N-dealkylation sites (tertiary alicyclic amines) is 1. The van der Waals surface area contributed by atoms with Crippen LogP contribution in [0.1, 0.15) is 17.5 Å². The molecule has 8 nitrogen and oxygen atoms in total. The summed E-state index contributed by atoms with van der Waals surface area (Å²) >= 11 is 0. The molecule has 0 saturated carbocycles. The number of amides is 1. The van der Waals surface area contributed by atoms with E-state index in [0.717, 1.165) is 30.5 Å². The number of alkyl halides is 9. The molecule has 0 bridgehead atoms. The highest BCUT2D eigenvalue weighted by Gasteiger charge is 2.44. The maximum absolute atomic E-state index is 13.0. The number of aromatic nitrogens is 3. The predicted octanol–water partition coefficient (Wildman–Crippen LogP) is 3.91.